The normalized spacial score (nSPS) is 18.8. The Labute approximate surface area is 108 Å². The maximum Gasteiger partial charge on any atom is 0.103 e. The van der Waals surface area contributed by atoms with Gasteiger partial charge in [0, 0.05) is 46.0 Å². The van der Waals surface area contributed by atoms with E-state index in [0.29, 0.717) is 0 Å². The Morgan fingerprint density at radius 3 is 2.50 bits per heavy atom. The predicted molar refractivity (Wildman–Crippen MR) is 67.5 cm³/mol. The van der Waals surface area contributed by atoms with Gasteiger partial charge in [0.25, 0.3) is 0 Å². The van der Waals surface area contributed by atoms with Crippen LogP contribution in [0.1, 0.15) is 19.5 Å². The monoisotopic (exact) mass is 248 g/mol. The molecule has 0 atom stereocenters. The van der Waals surface area contributed by atoms with E-state index in [2.05, 4.69) is 26.2 Å². The van der Waals surface area contributed by atoms with Gasteiger partial charge in [0.15, 0.2) is 0 Å². The van der Waals surface area contributed by atoms with Crippen LogP contribution >= 0.6 is 0 Å². The van der Waals surface area contributed by atoms with E-state index >= 15 is 0 Å². The number of nitriles is 1. The lowest BCUT2D eigenvalue weighted by Crippen LogP contribution is -2.53. The van der Waals surface area contributed by atoms with Crippen molar-refractivity contribution in [3.63, 3.8) is 0 Å². The van der Waals surface area contributed by atoms with Crippen LogP contribution in [0.4, 0.5) is 0 Å². The second-order valence-corrected chi connectivity index (χ2v) is 5.32. The quantitative estimate of drug-likeness (QED) is 0.766. The Balaban J connectivity index is 1.86. The summed E-state index contributed by atoms with van der Waals surface area (Å²) in [7, 11) is 1.88. The van der Waals surface area contributed by atoms with Gasteiger partial charge in [0.05, 0.1) is 11.8 Å². The zero-order valence-corrected chi connectivity index (χ0v) is 11.3. The van der Waals surface area contributed by atoms with Gasteiger partial charge in [0.1, 0.15) is 5.54 Å². The summed E-state index contributed by atoms with van der Waals surface area (Å²) in [5.41, 5.74) is 0.643. The highest BCUT2D eigenvalue weighted by Crippen LogP contribution is 2.16. The largest absolute Gasteiger partial charge is 0.295 e. The Morgan fingerprint density at radius 1 is 1.33 bits per heavy atom. The number of nitrogens with zero attached hydrogens (tertiary/aromatic N) is 6. The lowest BCUT2D eigenvalue weighted by Gasteiger charge is -2.40. The van der Waals surface area contributed by atoms with Gasteiger partial charge in [-0.15, -0.1) is 5.10 Å². The van der Waals surface area contributed by atoms with Crippen molar-refractivity contribution in [1.82, 2.24) is 24.8 Å². The van der Waals surface area contributed by atoms with Gasteiger partial charge in [-0.2, -0.15) is 5.26 Å². The van der Waals surface area contributed by atoms with Gasteiger partial charge in [-0.1, -0.05) is 5.21 Å². The van der Waals surface area contributed by atoms with Crippen molar-refractivity contribution in [2.24, 2.45) is 7.05 Å². The van der Waals surface area contributed by atoms with Crippen molar-refractivity contribution in [3.8, 4) is 6.07 Å². The first-order valence-corrected chi connectivity index (χ1v) is 6.25. The van der Waals surface area contributed by atoms with Crippen LogP contribution in [0.25, 0.3) is 0 Å². The second kappa shape index (κ2) is 5.04. The smallest absolute Gasteiger partial charge is 0.103 e. The molecular weight excluding hydrogens is 228 g/mol. The molecule has 0 amide bonds. The van der Waals surface area contributed by atoms with Gasteiger partial charge in [0.2, 0.25) is 0 Å². The molecule has 1 fully saturated rings. The standard InChI is InChI=1S/C12H20N6/c1-12(2,10-13)18-6-4-17(5-7-18)9-11-8-16(3)15-14-11/h8H,4-7,9H2,1-3H3. The average molecular weight is 248 g/mol. The summed E-state index contributed by atoms with van der Waals surface area (Å²) in [6.45, 7) is 8.61. The summed E-state index contributed by atoms with van der Waals surface area (Å²) in [6, 6.07) is 2.36. The molecule has 6 nitrogen and oxygen atoms in total. The second-order valence-electron chi connectivity index (χ2n) is 5.32. The molecule has 1 aliphatic rings. The predicted octanol–water partition coefficient (Wildman–Crippen LogP) is 0.235. The van der Waals surface area contributed by atoms with Crippen LogP contribution < -0.4 is 0 Å². The number of hydrogen-bond acceptors (Lipinski definition) is 5. The van der Waals surface area contributed by atoms with Crippen LogP contribution in [0.2, 0.25) is 0 Å². The molecule has 1 aromatic heterocycles. The van der Waals surface area contributed by atoms with E-state index in [1.54, 1.807) is 4.68 Å². The summed E-state index contributed by atoms with van der Waals surface area (Å²) in [6.07, 6.45) is 1.95. The highest BCUT2D eigenvalue weighted by molar-refractivity contribution is 5.03. The first-order chi connectivity index (χ1) is 8.51. The summed E-state index contributed by atoms with van der Waals surface area (Å²) < 4.78 is 1.73. The topological polar surface area (TPSA) is 61.0 Å². The molecule has 0 spiro atoms. The van der Waals surface area contributed by atoms with Gasteiger partial charge >= 0.3 is 0 Å². The van der Waals surface area contributed by atoms with Gasteiger partial charge in [-0.3, -0.25) is 14.5 Å². The van der Waals surface area contributed by atoms with Crippen LogP contribution in [0.5, 0.6) is 0 Å². The number of rotatable bonds is 3. The molecule has 0 N–H and O–H groups in total. The van der Waals surface area contributed by atoms with Crippen molar-refractivity contribution in [2.75, 3.05) is 26.2 Å². The molecule has 0 aliphatic carbocycles. The summed E-state index contributed by atoms with van der Waals surface area (Å²) in [5.74, 6) is 0. The molecule has 1 aliphatic heterocycles. The fourth-order valence-corrected chi connectivity index (χ4v) is 2.23. The molecule has 0 unspecified atom stereocenters. The van der Waals surface area contributed by atoms with Gasteiger partial charge in [-0.05, 0) is 13.8 Å². The number of hydrogen-bond donors (Lipinski definition) is 0. The number of piperazine rings is 1. The van der Waals surface area contributed by atoms with Gasteiger partial charge in [-0.25, -0.2) is 0 Å². The van der Waals surface area contributed by atoms with Gasteiger partial charge < -0.3 is 0 Å². The highest BCUT2D eigenvalue weighted by atomic mass is 15.4. The molecule has 98 valence electrons. The summed E-state index contributed by atoms with van der Waals surface area (Å²) >= 11 is 0. The third-order valence-electron chi connectivity index (χ3n) is 3.47. The molecule has 2 heterocycles. The minimum absolute atomic E-state index is 0.362. The zero-order valence-electron chi connectivity index (χ0n) is 11.3. The Morgan fingerprint density at radius 2 is 2.00 bits per heavy atom. The SMILES string of the molecule is Cn1cc(CN2CCN(C(C)(C)C#N)CC2)nn1. The van der Waals surface area contributed by atoms with E-state index in [0.717, 1.165) is 38.4 Å². The molecule has 1 saturated heterocycles. The van der Waals surface area contributed by atoms with E-state index in [9.17, 15) is 0 Å². The van der Waals surface area contributed by atoms with Crippen LogP contribution in [-0.2, 0) is 13.6 Å². The molecule has 0 aromatic carbocycles. The Kier molecular flexibility index (Phi) is 3.64. The van der Waals surface area contributed by atoms with E-state index in [4.69, 9.17) is 5.26 Å². The van der Waals surface area contributed by atoms with Crippen LogP contribution in [-0.4, -0.2) is 56.5 Å². The van der Waals surface area contributed by atoms with E-state index in [1.165, 1.54) is 0 Å². The minimum Gasteiger partial charge on any atom is -0.295 e. The van der Waals surface area contributed by atoms with E-state index in [-0.39, 0.29) is 5.54 Å². The Bertz CT molecular complexity index is 436. The lowest BCUT2D eigenvalue weighted by molar-refractivity contribution is 0.0757. The minimum atomic E-state index is -0.362. The fraction of sp³-hybridized carbons (Fsp3) is 0.750. The van der Waals surface area contributed by atoms with Crippen molar-refractivity contribution >= 4 is 0 Å². The van der Waals surface area contributed by atoms with Crippen LogP contribution in [0.15, 0.2) is 6.20 Å². The van der Waals surface area contributed by atoms with Crippen molar-refractivity contribution in [2.45, 2.75) is 25.9 Å². The highest BCUT2D eigenvalue weighted by Gasteiger charge is 2.29. The van der Waals surface area contributed by atoms with Crippen molar-refractivity contribution in [1.29, 1.82) is 5.26 Å². The van der Waals surface area contributed by atoms with E-state index in [1.807, 2.05) is 27.1 Å². The lowest BCUT2D eigenvalue weighted by atomic mass is 10.0. The third kappa shape index (κ3) is 2.86. The molecule has 6 heteroatoms. The molecule has 0 bridgehead atoms. The maximum absolute atomic E-state index is 9.12. The molecule has 1 aromatic rings. The molecule has 2 rings (SSSR count). The summed E-state index contributed by atoms with van der Waals surface area (Å²) in [4.78, 5) is 4.59. The van der Waals surface area contributed by atoms with Crippen molar-refractivity contribution in [3.05, 3.63) is 11.9 Å². The van der Waals surface area contributed by atoms with Crippen molar-refractivity contribution < 1.29 is 0 Å². The third-order valence-corrected chi connectivity index (χ3v) is 3.47. The molecule has 0 saturated carbocycles. The maximum atomic E-state index is 9.12. The number of aryl methyl sites for hydroxylation is 1. The first-order valence-electron chi connectivity index (χ1n) is 6.25. The van der Waals surface area contributed by atoms with Crippen LogP contribution in [0.3, 0.4) is 0 Å². The molecular formula is C12H20N6. The van der Waals surface area contributed by atoms with E-state index < -0.39 is 0 Å². The average Bonchev–Trinajstić information content (AvgIpc) is 2.75. The summed E-state index contributed by atoms with van der Waals surface area (Å²) in [5, 5.41) is 17.2. The Hall–Kier alpha value is -1.45. The molecule has 18 heavy (non-hydrogen) atoms. The zero-order chi connectivity index (χ0) is 13.2. The van der Waals surface area contributed by atoms with Crippen LogP contribution in [0, 0.1) is 11.3 Å². The molecule has 0 radical (unpaired) electrons. The first kappa shape index (κ1) is 13.0. The fourth-order valence-electron chi connectivity index (χ4n) is 2.23. The number of aromatic nitrogens is 3.